The van der Waals surface area contributed by atoms with Crippen LogP contribution in [0.1, 0.15) is 26.7 Å². The van der Waals surface area contributed by atoms with Gasteiger partial charge in [0.1, 0.15) is 0 Å². The van der Waals surface area contributed by atoms with Crippen molar-refractivity contribution in [2.75, 3.05) is 0 Å². The molecule has 0 aliphatic rings. The Hall–Kier alpha value is -0.420. The van der Waals surface area contributed by atoms with Crippen LogP contribution in [0.25, 0.3) is 0 Å². The zero-order valence-electron chi connectivity index (χ0n) is 11.5. The molecule has 0 spiro atoms. The number of phosphoric acid groups is 1. The van der Waals surface area contributed by atoms with E-state index in [1.165, 1.54) is 13.8 Å². The van der Waals surface area contributed by atoms with Crippen molar-refractivity contribution in [1.82, 2.24) is 5.32 Å². The molecule has 13 heteroatoms. The van der Waals surface area contributed by atoms with E-state index in [1.807, 2.05) is 0 Å². The number of alkyl halides is 7. The van der Waals surface area contributed by atoms with Gasteiger partial charge < -0.3 is 20.0 Å². The maximum Gasteiger partial charge on any atom is 0.466 e. The zero-order valence-corrected chi connectivity index (χ0v) is 12.4. The number of nitrogens with one attached hydrogen (secondary N) is 1. The minimum atomic E-state index is -4.68. The first-order valence-corrected chi connectivity index (χ1v) is 7.27. The molecule has 4 N–H and O–H groups in total. The Balaban J connectivity index is 0. The van der Waals surface area contributed by atoms with Gasteiger partial charge in [0, 0.05) is 18.5 Å². The van der Waals surface area contributed by atoms with Gasteiger partial charge in [0.25, 0.3) is 0 Å². The summed E-state index contributed by atoms with van der Waals surface area (Å²) in [6.45, 7) is 2.90. The summed E-state index contributed by atoms with van der Waals surface area (Å²) in [5, 5.41) is 2.21. The molecule has 0 aliphatic carbocycles. The smallest absolute Gasteiger partial charge is 0.311 e. The standard InChI is InChI=1S/C9H14F7N.H3O4P/c1-5(2)17-6(4-9(14,15)16)3-8(12,13)7(10)11;1-5(2,3)4/h5-7,17H,3-4H2,1-2H3;(H3,1,2,3,4). The molecule has 0 amide bonds. The van der Waals surface area contributed by atoms with Crippen molar-refractivity contribution in [2.24, 2.45) is 0 Å². The molecule has 5 nitrogen and oxygen atoms in total. The minimum absolute atomic E-state index is 0.504. The molecule has 136 valence electrons. The summed E-state index contributed by atoms with van der Waals surface area (Å²) in [6.07, 6.45) is -11.7. The minimum Gasteiger partial charge on any atom is -0.311 e. The van der Waals surface area contributed by atoms with Gasteiger partial charge in [0.15, 0.2) is 0 Å². The fourth-order valence-corrected chi connectivity index (χ4v) is 1.36. The topological polar surface area (TPSA) is 89.8 Å². The lowest BCUT2D eigenvalue weighted by Gasteiger charge is -2.26. The third kappa shape index (κ3) is 17.6. The van der Waals surface area contributed by atoms with Crippen molar-refractivity contribution in [2.45, 2.75) is 57.3 Å². The molecule has 1 atom stereocenters. The third-order valence-corrected chi connectivity index (χ3v) is 1.88. The largest absolute Gasteiger partial charge is 0.466 e. The number of halogens is 7. The van der Waals surface area contributed by atoms with Crippen LogP contribution in [-0.2, 0) is 4.57 Å². The fraction of sp³-hybridized carbons (Fsp3) is 1.00. The molecule has 0 radical (unpaired) electrons. The molecule has 0 saturated heterocycles. The highest BCUT2D eigenvalue weighted by Crippen LogP contribution is 2.32. The molecule has 0 rings (SSSR count). The lowest BCUT2D eigenvalue weighted by atomic mass is 10.0. The van der Waals surface area contributed by atoms with Crippen LogP contribution in [0.15, 0.2) is 0 Å². The predicted octanol–water partition coefficient (Wildman–Crippen LogP) is 2.67. The number of hydrogen-bond donors (Lipinski definition) is 4. The Morgan fingerprint density at radius 2 is 1.36 bits per heavy atom. The Bertz CT molecular complexity index is 350. The molecule has 0 heterocycles. The van der Waals surface area contributed by atoms with E-state index >= 15 is 0 Å². The molecule has 0 saturated carbocycles. The van der Waals surface area contributed by atoms with Crippen molar-refractivity contribution in [3.05, 3.63) is 0 Å². The van der Waals surface area contributed by atoms with Gasteiger partial charge in [-0.2, -0.15) is 13.2 Å². The molecule has 0 aliphatic heterocycles. The van der Waals surface area contributed by atoms with Crippen molar-refractivity contribution in [3.63, 3.8) is 0 Å². The molecule has 0 aromatic carbocycles. The quantitative estimate of drug-likeness (QED) is 0.428. The average Bonchev–Trinajstić information content (AvgIpc) is 2.08. The molecule has 22 heavy (non-hydrogen) atoms. The molecule has 0 fully saturated rings. The number of hydrogen-bond acceptors (Lipinski definition) is 2. The fourth-order valence-electron chi connectivity index (χ4n) is 1.36. The van der Waals surface area contributed by atoms with Crippen LogP contribution < -0.4 is 5.32 Å². The second-order valence-electron chi connectivity index (χ2n) is 4.62. The molecular weight excluding hydrogens is 350 g/mol. The SMILES string of the molecule is CC(C)NC(CC(F)(F)F)CC(F)(F)C(F)F.O=P(O)(O)O. The first kappa shape index (κ1) is 23.8. The summed E-state index contributed by atoms with van der Waals surface area (Å²) in [6, 6.07) is -2.23. The lowest BCUT2D eigenvalue weighted by Crippen LogP contribution is -2.44. The summed E-state index contributed by atoms with van der Waals surface area (Å²) in [4.78, 5) is 21.6. The summed E-state index contributed by atoms with van der Waals surface area (Å²) >= 11 is 0. The van der Waals surface area contributed by atoms with Crippen LogP contribution >= 0.6 is 7.82 Å². The van der Waals surface area contributed by atoms with Crippen molar-refractivity contribution in [1.29, 1.82) is 0 Å². The highest BCUT2D eigenvalue weighted by atomic mass is 31.2. The third-order valence-electron chi connectivity index (χ3n) is 1.88. The van der Waals surface area contributed by atoms with Crippen LogP contribution in [0.3, 0.4) is 0 Å². The van der Waals surface area contributed by atoms with Gasteiger partial charge in [0.2, 0.25) is 0 Å². The van der Waals surface area contributed by atoms with Gasteiger partial charge in [-0.05, 0) is 0 Å². The van der Waals surface area contributed by atoms with Crippen molar-refractivity contribution >= 4 is 7.82 Å². The van der Waals surface area contributed by atoms with Crippen molar-refractivity contribution < 1.29 is 50.0 Å². The second kappa shape index (κ2) is 9.02. The van der Waals surface area contributed by atoms with E-state index < -0.39 is 51.3 Å². The normalized spacial score (nSPS) is 14.8. The van der Waals surface area contributed by atoms with Crippen LogP contribution in [-0.4, -0.2) is 45.3 Å². The zero-order chi connectivity index (χ0) is 18.4. The van der Waals surface area contributed by atoms with Gasteiger partial charge in [0.05, 0.1) is 6.42 Å². The highest BCUT2D eigenvalue weighted by Gasteiger charge is 2.45. The first-order valence-electron chi connectivity index (χ1n) is 5.71. The van der Waals surface area contributed by atoms with E-state index in [0.717, 1.165) is 0 Å². The van der Waals surface area contributed by atoms with E-state index in [0.29, 0.717) is 0 Å². The summed E-state index contributed by atoms with van der Waals surface area (Å²) in [5.41, 5.74) is 0. The molecule has 0 bridgehead atoms. The van der Waals surface area contributed by atoms with Gasteiger partial charge in [-0.15, -0.1) is 0 Å². The van der Waals surface area contributed by atoms with Crippen LogP contribution in [0.2, 0.25) is 0 Å². The van der Waals surface area contributed by atoms with Crippen molar-refractivity contribution in [3.8, 4) is 0 Å². The summed E-state index contributed by atoms with van der Waals surface area (Å²) in [7, 11) is -4.64. The van der Waals surface area contributed by atoms with Crippen LogP contribution in [0.4, 0.5) is 30.7 Å². The van der Waals surface area contributed by atoms with Gasteiger partial charge in [-0.3, -0.25) is 0 Å². The summed E-state index contributed by atoms with van der Waals surface area (Å²) < 4.78 is 94.2. The van der Waals surface area contributed by atoms with E-state index in [-0.39, 0.29) is 0 Å². The Kier molecular flexibility index (Phi) is 9.77. The van der Waals surface area contributed by atoms with Gasteiger partial charge in [-0.1, -0.05) is 13.8 Å². The number of rotatable bonds is 6. The first-order chi connectivity index (χ1) is 9.44. The Labute approximate surface area is 121 Å². The molecule has 0 aromatic heterocycles. The lowest BCUT2D eigenvalue weighted by molar-refractivity contribution is -0.162. The van der Waals surface area contributed by atoms with Gasteiger partial charge >= 0.3 is 26.3 Å². The predicted molar refractivity (Wildman–Crippen MR) is 62.6 cm³/mol. The molecule has 0 aromatic rings. The molecule has 1 unspecified atom stereocenters. The van der Waals surface area contributed by atoms with Gasteiger partial charge in [-0.25, -0.2) is 22.1 Å². The maximum absolute atomic E-state index is 12.7. The summed E-state index contributed by atoms with van der Waals surface area (Å²) in [5.74, 6) is -4.42. The average molecular weight is 367 g/mol. The van der Waals surface area contributed by atoms with Crippen LogP contribution in [0, 0.1) is 0 Å². The van der Waals surface area contributed by atoms with E-state index in [2.05, 4.69) is 5.32 Å². The van der Waals surface area contributed by atoms with E-state index in [4.69, 9.17) is 19.2 Å². The highest BCUT2D eigenvalue weighted by molar-refractivity contribution is 7.45. The second-order valence-corrected chi connectivity index (χ2v) is 5.64. The maximum atomic E-state index is 12.7. The van der Waals surface area contributed by atoms with E-state index in [9.17, 15) is 30.7 Å². The Morgan fingerprint density at radius 1 is 1.00 bits per heavy atom. The van der Waals surface area contributed by atoms with E-state index in [1.54, 1.807) is 0 Å². The molecular formula is C9H17F7NO4P. The van der Waals surface area contributed by atoms with Crippen LogP contribution in [0.5, 0.6) is 0 Å². The Morgan fingerprint density at radius 3 is 1.59 bits per heavy atom. The monoisotopic (exact) mass is 367 g/mol.